The minimum atomic E-state index is 0.238. The molecule has 0 aliphatic heterocycles. The summed E-state index contributed by atoms with van der Waals surface area (Å²) in [6.07, 6.45) is 0. The molecule has 4 heteroatoms. The topological polar surface area (TPSA) is 48.9 Å². The first-order chi connectivity index (χ1) is 8.24. The molecular weight excluding hydrogens is 280 g/mol. The van der Waals surface area contributed by atoms with Crippen molar-refractivity contribution in [3.8, 4) is 17.0 Å². The molecule has 0 atom stereocenters. The number of hydrogen-bond acceptors (Lipinski definition) is 2. The Morgan fingerprint density at radius 1 is 1.12 bits per heavy atom. The lowest BCUT2D eigenvalue weighted by atomic mass is 10.1. The van der Waals surface area contributed by atoms with Crippen molar-refractivity contribution >= 4 is 26.8 Å². The molecule has 2 N–H and O–H groups in total. The molecular formula is C13H9BrN2O. The van der Waals surface area contributed by atoms with Crippen molar-refractivity contribution in [1.29, 1.82) is 0 Å². The smallest absolute Gasteiger partial charge is 0.117 e. The summed E-state index contributed by atoms with van der Waals surface area (Å²) in [5.41, 5.74) is 2.76. The van der Waals surface area contributed by atoms with Crippen molar-refractivity contribution in [3.05, 3.63) is 46.9 Å². The minimum Gasteiger partial charge on any atom is -0.508 e. The van der Waals surface area contributed by atoms with E-state index in [-0.39, 0.29) is 5.75 Å². The van der Waals surface area contributed by atoms with Crippen LogP contribution in [-0.4, -0.2) is 15.3 Å². The number of rotatable bonds is 1. The molecule has 0 aliphatic carbocycles. The molecule has 1 aromatic heterocycles. The van der Waals surface area contributed by atoms with Crippen LogP contribution in [0.3, 0.4) is 0 Å². The molecule has 0 amide bonds. The van der Waals surface area contributed by atoms with Gasteiger partial charge in [0.1, 0.15) is 5.75 Å². The third-order valence-electron chi connectivity index (χ3n) is 2.64. The lowest BCUT2D eigenvalue weighted by Gasteiger charge is -1.98. The van der Waals surface area contributed by atoms with Crippen molar-refractivity contribution in [2.45, 2.75) is 0 Å². The molecule has 0 fully saturated rings. The van der Waals surface area contributed by atoms with Crippen LogP contribution in [0.15, 0.2) is 46.9 Å². The number of phenolic OH excluding ortho intramolecular Hbond substituents is 1. The summed E-state index contributed by atoms with van der Waals surface area (Å²) in [7, 11) is 0. The number of H-pyrrole nitrogens is 1. The van der Waals surface area contributed by atoms with Crippen molar-refractivity contribution < 1.29 is 5.11 Å². The normalized spacial score (nSPS) is 10.9. The zero-order valence-electron chi connectivity index (χ0n) is 8.81. The van der Waals surface area contributed by atoms with Gasteiger partial charge in [0.15, 0.2) is 0 Å². The predicted molar refractivity (Wildman–Crippen MR) is 70.9 cm³/mol. The van der Waals surface area contributed by atoms with Gasteiger partial charge in [-0.15, -0.1) is 0 Å². The summed E-state index contributed by atoms with van der Waals surface area (Å²) >= 11 is 3.45. The number of benzene rings is 2. The molecule has 3 aromatic rings. The van der Waals surface area contributed by atoms with Gasteiger partial charge in [0.25, 0.3) is 0 Å². The SMILES string of the molecule is Oc1ccc2c(-c3cccc(Br)c3)n[nH]c2c1. The van der Waals surface area contributed by atoms with E-state index in [2.05, 4.69) is 26.1 Å². The monoisotopic (exact) mass is 288 g/mol. The molecule has 0 unspecified atom stereocenters. The summed E-state index contributed by atoms with van der Waals surface area (Å²) < 4.78 is 1.02. The number of aromatic amines is 1. The zero-order valence-corrected chi connectivity index (χ0v) is 10.4. The highest BCUT2D eigenvalue weighted by atomic mass is 79.9. The van der Waals surface area contributed by atoms with Crippen molar-refractivity contribution in [1.82, 2.24) is 10.2 Å². The second kappa shape index (κ2) is 3.89. The standard InChI is InChI=1S/C13H9BrN2O/c14-9-3-1-2-8(6-9)13-11-5-4-10(17)7-12(11)15-16-13/h1-7,17H,(H,15,16). The number of aromatic nitrogens is 2. The van der Waals surface area contributed by atoms with Gasteiger partial charge in [-0.3, -0.25) is 5.10 Å². The fourth-order valence-corrected chi connectivity index (χ4v) is 2.26. The molecule has 2 aromatic carbocycles. The van der Waals surface area contributed by atoms with Crippen LogP contribution >= 0.6 is 15.9 Å². The zero-order chi connectivity index (χ0) is 11.8. The van der Waals surface area contributed by atoms with Crippen LogP contribution in [0.4, 0.5) is 0 Å². The second-order valence-electron chi connectivity index (χ2n) is 3.81. The minimum absolute atomic E-state index is 0.238. The molecule has 0 saturated heterocycles. The maximum atomic E-state index is 9.40. The van der Waals surface area contributed by atoms with Gasteiger partial charge in [-0.05, 0) is 24.3 Å². The maximum Gasteiger partial charge on any atom is 0.117 e. The van der Waals surface area contributed by atoms with Crippen molar-refractivity contribution in [2.75, 3.05) is 0 Å². The Morgan fingerprint density at radius 2 is 2.00 bits per heavy atom. The van der Waals surface area contributed by atoms with E-state index in [0.717, 1.165) is 26.6 Å². The van der Waals surface area contributed by atoms with E-state index >= 15 is 0 Å². The molecule has 17 heavy (non-hydrogen) atoms. The lowest BCUT2D eigenvalue weighted by Crippen LogP contribution is -1.78. The summed E-state index contributed by atoms with van der Waals surface area (Å²) in [5.74, 6) is 0.238. The van der Waals surface area contributed by atoms with Crippen LogP contribution in [0.25, 0.3) is 22.2 Å². The first-order valence-electron chi connectivity index (χ1n) is 5.17. The average Bonchev–Trinajstić information content (AvgIpc) is 2.71. The Hall–Kier alpha value is -1.81. The van der Waals surface area contributed by atoms with Gasteiger partial charge < -0.3 is 5.11 Å². The number of nitrogens with one attached hydrogen (secondary N) is 1. The molecule has 0 bridgehead atoms. The van der Waals surface area contributed by atoms with E-state index in [0.29, 0.717) is 0 Å². The van der Waals surface area contributed by atoms with E-state index in [1.807, 2.05) is 30.3 Å². The van der Waals surface area contributed by atoms with Crippen LogP contribution in [0.5, 0.6) is 5.75 Å². The van der Waals surface area contributed by atoms with Crippen LogP contribution in [0.2, 0.25) is 0 Å². The van der Waals surface area contributed by atoms with Crippen LogP contribution in [0.1, 0.15) is 0 Å². The van der Waals surface area contributed by atoms with Gasteiger partial charge in [-0.2, -0.15) is 5.10 Å². The largest absolute Gasteiger partial charge is 0.508 e. The highest BCUT2D eigenvalue weighted by Crippen LogP contribution is 2.29. The van der Waals surface area contributed by atoms with Crippen LogP contribution in [0, 0.1) is 0 Å². The van der Waals surface area contributed by atoms with E-state index < -0.39 is 0 Å². The number of hydrogen-bond donors (Lipinski definition) is 2. The summed E-state index contributed by atoms with van der Waals surface area (Å²) in [5, 5.41) is 17.6. The lowest BCUT2D eigenvalue weighted by molar-refractivity contribution is 0.476. The fraction of sp³-hybridized carbons (Fsp3) is 0. The van der Waals surface area contributed by atoms with Gasteiger partial charge in [-0.1, -0.05) is 28.1 Å². The predicted octanol–water partition coefficient (Wildman–Crippen LogP) is 3.70. The Morgan fingerprint density at radius 3 is 2.82 bits per heavy atom. The molecule has 3 nitrogen and oxygen atoms in total. The molecule has 0 spiro atoms. The third-order valence-corrected chi connectivity index (χ3v) is 3.14. The van der Waals surface area contributed by atoms with Crippen molar-refractivity contribution in [2.24, 2.45) is 0 Å². The Balaban J connectivity index is 2.24. The summed E-state index contributed by atoms with van der Waals surface area (Å²) in [6.45, 7) is 0. The van der Waals surface area contributed by atoms with E-state index in [1.165, 1.54) is 0 Å². The number of fused-ring (bicyclic) bond motifs is 1. The van der Waals surface area contributed by atoms with Gasteiger partial charge in [0.05, 0.1) is 11.2 Å². The highest BCUT2D eigenvalue weighted by Gasteiger charge is 2.08. The highest BCUT2D eigenvalue weighted by molar-refractivity contribution is 9.10. The van der Waals surface area contributed by atoms with Crippen LogP contribution < -0.4 is 0 Å². The second-order valence-corrected chi connectivity index (χ2v) is 4.73. The van der Waals surface area contributed by atoms with Gasteiger partial charge in [-0.25, -0.2) is 0 Å². The van der Waals surface area contributed by atoms with Gasteiger partial charge >= 0.3 is 0 Å². The Labute approximate surface area is 106 Å². The Bertz CT molecular complexity index is 691. The third kappa shape index (κ3) is 1.80. The van der Waals surface area contributed by atoms with Gasteiger partial charge in [0, 0.05) is 21.5 Å². The molecule has 0 aliphatic rings. The quantitative estimate of drug-likeness (QED) is 0.717. The van der Waals surface area contributed by atoms with E-state index in [4.69, 9.17) is 0 Å². The van der Waals surface area contributed by atoms with Gasteiger partial charge in [0.2, 0.25) is 0 Å². The van der Waals surface area contributed by atoms with Crippen molar-refractivity contribution in [3.63, 3.8) is 0 Å². The molecule has 1 heterocycles. The van der Waals surface area contributed by atoms with E-state index in [1.54, 1.807) is 12.1 Å². The molecule has 0 radical (unpaired) electrons. The number of phenols is 1. The Kier molecular flexibility index (Phi) is 2.37. The van der Waals surface area contributed by atoms with E-state index in [9.17, 15) is 5.11 Å². The summed E-state index contributed by atoms with van der Waals surface area (Å²) in [6, 6.07) is 13.2. The first-order valence-corrected chi connectivity index (χ1v) is 5.96. The number of aromatic hydroxyl groups is 1. The average molecular weight is 289 g/mol. The number of halogens is 1. The maximum absolute atomic E-state index is 9.40. The summed E-state index contributed by atoms with van der Waals surface area (Å²) in [4.78, 5) is 0. The number of nitrogens with zero attached hydrogens (tertiary/aromatic N) is 1. The first kappa shape index (κ1) is 10.4. The fourth-order valence-electron chi connectivity index (χ4n) is 1.86. The van der Waals surface area contributed by atoms with Crippen LogP contribution in [-0.2, 0) is 0 Å². The molecule has 0 saturated carbocycles. The molecule has 84 valence electrons. The molecule has 3 rings (SSSR count).